The molecule has 0 aliphatic carbocycles. The molecule has 1 aromatic heterocycles. The fraction of sp³-hybridized carbons (Fsp3) is 0.522. The second kappa shape index (κ2) is 9.51. The van der Waals surface area contributed by atoms with Crippen molar-refractivity contribution in [3.05, 3.63) is 47.8 Å². The number of oxime groups is 1. The fourth-order valence-electron chi connectivity index (χ4n) is 4.36. The van der Waals surface area contributed by atoms with Gasteiger partial charge in [0.2, 0.25) is 5.91 Å². The Bertz CT molecular complexity index is 933. The van der Waals surface area contributed by atoms with Crippen LogP contribution in [0.2, 0.25) is 0 Å². The number of methoxy groups -OCH3 is 1. The maximum atomic E-state index is 13.2. The van der Waals surface area contributed by atoms with Crippen LogP contribution in [0.1, 0.15) is 36.9 Å². The number of hydrogen-bond acceptors (Lipinski definition) is 6. The highest BCUT2D eigenvalue weighted by atomic mass is 16.6. The Morgan fingerprint density at radius 3 is 2.84 bits per heavy atom. The van der Waals surface area contributed by atoms with Gasteiger partial charge in [-0.05, 0) is 38.0 Å². The van der Waals surface area contributed by atoms with E-state index < -0.39 is 5.41 Å². The van der Waals surface area contributed by atoms with Crippen molar-refractivity contribution in [3.8, 4) is 5.75 Å². The van der Waals surface area contributed by atoms with Gasteiger partial charge >= 0.3 is 0 Å². The molecule has 1 amide bonds. The van der Waals surface area contributed by atoms with E-state index in [1.807, 2.05) is 48.1 Å². The molecule has 1 saturated heterocycles. The number of carbonyl (C=O) groups excluding carboxylic acids is 1. The molecule has 3 heterocycles. The number of rotatable bonds is 8. The number of hydrogen-bond donors (Lipinski definition) is 1. The first-order valence-electron chi connectivity index (χ1n) is 10.8. The van der Waals surface area contributed by atoms with Gasteiger partial charge in [-0.25, -0.2) is 0 Å². The molecule has 2 aliphatic rings. The number of nitrogens with zero attached hydrogens (tertiary/aromatic N) is 3. The molecule has 8 heteroatoms. The van der Waals surface area contributed by atoms with Crippen molar-refractivity contribution in [2.24, 2.45) is 10.6 Å². The molecule has 166 valence electrons. The number of nitrogens with one attached hydrogen (secondary N) is 1. The molecule has 0 saturated carbocycles. The summed E-state index contributed by atoms with van der Waals surface area (Å²) in [6.45, 7) is 4.30. The van der Waals surface area contributed by atoms with Crippen LogP contribution < -0.4 is 10.1 Å². The quantitative estimate of drug-likeness (QED) is 0.701. The van der Waals surface area contributed by atoms with Gasteiger partial charge in [0, 0.05) is 44.4 Å². The minimum atomic E-state index is -0.505. The SMILES string of the molecule is COc1ccccc1C1=NOC(CC2(C(=O)NCCn3ccc(C)n3)CCOCC2)C1. The minimum Gasteiger partial charge on any atom is -0.496 e. The zero-order valence-corrected chi connectivity index (χ0v) is 18.2. The summed E-state index contributed by atoms with van der Waals surface area (Å²) in [6, 6.07) is 9.75. The first kappa shape index (κ1) is 21.4. The minimum absolute atomic E-state index is 0.0639. The van der Waals surface area contributed by atoms with Crippen molar-refractivity contribution in [1.82, 2.24) is 15.1 Å². The molecule has 2 aromatic rings. The van der Waals surface area contributed by atoms with Crippen LogP contribution in [0, 0.1) is 12.3 Å². The van der Waals surface area contributed by atoms with E-state index >= 15 is 0 Å². The second-order valence-corrected chi connectivity index (χ2v) is 8.24. The Kier molecular flexibility index (Phi) is 6.56. The summed E-state index contributed by atoms with van der Waals surface area (Å²) >= 11 is 0. The molecule has 1 atom stereocenters. The van der Waals surface area contributed by atoms with E-state index in [2.05, 4.69) is 15.6 Å². The number of carbonyl (C=O) groups is 1. The van der Waals surface area contributed by atoms with Crippen molar-refractivity contribution >= 4 is 11.6 Å². The van der Waals surface area contributed by atoms with Gasteiger partial charge in [0.1, 0.15) is 11.9 Å². The van der Waals surface area contributed by atoms with Crippen LogP contribution in [0.3, 0.4) is 0 Å². The van der Waals surface area contributed by atoms with E-state index in [1.54, 1.807) is 7.11 Å². The summed E-state index contributed by atoms with van der Waals surface area (Å²) in [4.78, 5) is 19.0. The maximum Gasteiger partial charge on any atom is 0.226 e. The molecule has 8 nitrogen and oxygen atoms in total. The molecular weight excluding hydrogens is 396 g/mol. The summed E-state index contributed by atoms with van der Waals surface area (Å²) in [5, 5.41) is 11.8. The normalized spacial score (nSPS) is 20.1. The van der Waals surface area contributed by atoms with Crippen molar-refractivity contribution in [2.75, 3.05) is 26.9 Å². The molecule has 1 N–H and O–H groups in total. The maximum absolute atomic E-state index is 13.2. The highest BCUT2D eigenvalue weighted by Crippen LogP contribution is 2.39. The van der Waals surface area contributed by atoms with Gasteiger partial charge in [-0.2, -0.15) is 5.10 Å². The fourth-order valence-corrected chi connectivity index (χ4v) is 4.36. The van der Waals surface area contributed by atoms with E-state index in [9.17, 15) is 4.79 Å². The van der Waals surface area contributed by atoms with Crippen LogP contribution in [0.15, 0.2) is 41.7 Å². The largest absolute Gasteiger partial charge is 0.496 e. The van der Waals surface area contributed by atoms with Gasteiger partial charge in [0.25, 0.3) is 0 Å². The predicted molar refractivity (Wildman–Crippen MR) is 116 cm³/mol. The Balaban J connectivity index is 1.38. The average Bonchev–Trinajstić information content (AvgIpc) is 3.43. The third-order valence-electron chi connectivity index (χ3n) is 6.10. The summed E-state index contributed by atoms with van der Waals surface area (Å²) in [5.74, 6) is 0.840. The van der Waals surface area contributed by atoms with Crippen LogP contribution >= 0.6 is 0 Å². The molecule has 2 aliphatic heterocycles. The van der Waals surface area contributed by atoms with Crippen molar-refractivity contribution in [3.63, 3.8) is 0 Å². The molecular formula is C23H30N4O4. The summed E-state index contributed by atoms with van der Waals surface area (Å²) < 4.78 is 12.9. The van der Waals surface area contributed by atoms with E-state index in [1.165, 1.54) is 0 Å². The van der Waals surface area contributed by atoms with Crippen LogP contribution in [-0.4, -0.2) is 54.4 Å². The molecule has 31 heavy (non-hydrogen) atoms. The van der Waals surface area contributed by atoms with Crippen molar-refractivity contribution < 1.29 is 19.1 Å². The van der Waals surface area contributed by atoms with Gasteiger partial charge in [0.15, 0.2) is 0 Å². The lowest BCUT2D eigenvalue weighted by molar-refractivity contribution is -0.140. The third kappa shape index (κ3) is 4.90. The van der Waals surface area contributed by atoms with Gasteiger partial charge in [-0.1, -0.05) is 17.3 Å². The average molecular weight is 427 g/mol. The number of benzene rings is 1. The van der Waals surface area contributed by atoms with Crippen LogP contribution in [0.5, 0.6) is 5.75 Å². The topological polar surface area (TPSA) is 87.0 Å². The lowest BCUT2D eigenvalue weighted by atomic mass is 9.74. The Morgan fingerprint density at radius 1 is 1.29 bits per heavy atom. The first-order chi connectivity index (χ1) is 15.1. The van der Waals surface area contributed by atoms with E-state index in [0.29, 0.717) is 52.0 Å². The zero-order chi connectivity index (χ0) is 21.7. The molecule has 0 bridgehead atoms. The van der Waals surface area contributed by atoms with Crippen molar-refractivity contribution in [1.29, 1.82) is 0 Å². The standard InChI is InChI=1S/C23H30N4O4/c1-17-7-11-27(25-17)12-10-24-22(28)23(8-13-30-14-9-23)16-18-15-20(26-31-18)19-5-3-4-6-21(19)29-2/h3-7,11,18H,8-10,12-16H2,1-2H3,(H,24,28). The Labute approximate surface area is 182 Å². The smallest absolute Gasteiger partial charge is 0.226 e. The third-order valence-corrected chi connectivity index (χ3v) is 6.10. The van der Waals surface area contributed by atoms with Crippen LogP contribution in [0.4, 0.5) is 0 Å². The molecule has 1 fully saturated rings. The lowest BCUT2D eigenvalue weighted by Gasteiger charge is -2.37. The Hall–Kier alpha value is -2.87. The summed E-state index contributed by atoms with van der Waals surface area (Å²) in [5.41, 5.74) is 2.26. The molecule has 4 rings (SSSR count). The first-order valence-corrected chi connectivity index (χ1v) is 10.8. The monoisotopic (exact) mass is 426 g/mol. The number of ether oxygens (including phenoxy) is 2. The van der Waals surface area contributed by atoms with E-state index in [-0.39, 0.29) is 12.0 Å². The summed E-state index contributed by atoms with van der Waals surface area (Å²) in [7, 11) is 1.65. The van der Waals surface area contributed by atoms with Gasteiger partial charge in [-0.15, -0.1) is 0 Å². The van der Waals surface area contributed by atoms with E-state index in [0.717, 1.165) is 22.7 Å². The molecule has 0 spiro atoms. The van der Waals surface area contributed by atoms with Gasteiger partial charge < -0.3 is 19.6 Å². The predicted octanol–water partition coefficient (Wildman–Crippen LogP) is 2.70. The Morgan fingerprint density at radius 2 is 2.10 bits per heavy atom. The summed E-state index contributed by atoms with van der Waals surface area (Å²) in [6.07, 6.45) is 4.42. The highest BCUT2D eigenvalue weighted by molar-refractivity contribution is 6.03. The molecule has 0 radical (unpaired) electrons. The van der Waals surface area contributed by atoms with Crippen LogP contribution in [-0.2, 0) is 20.9 Å². The second-order valence-electron chi connectivity index (χ2n) is 8.24. The number of para-hydroxylation sites is 1. The number of amides is 1. The van der Waals surface area contributed by atoms with Crippen LogP contribution in [0.25, 0.3) is 0 Å². The number of aromatic nitrogens is 2. The lowest BCUT2D eigenvalue weighted by Crippen LogP contribution is -2.47. The van der Waals surface area contributed by atoms with Crippen molar-refractivity contribution in [2.45, 2.75) is 45.3 Å². The molecule has 1 unspecified atom stereocenters. The molecule has 1 aromatic carbocycles. The highest BCUT2D eigenvalue weighted by Gasteiger charge is 2.43. The van der Waals surface area contributed by atoms with Gasteiger partial charge in [-0.3, -0.25) is 9.48 Å². The zero-order valence-electron chi connectivity index (χ0n) is 18.2. The van der Waals surface area contributed by atoms with E-state index in [4.69, 9.17) is 14.3 Å². The van der Waals surface area contributed by atoms with Gasteiger partial charge in [0.05, 0.1) is 30.5 Å². The number of aryl methyl sites for hydroxylation is 1.